The minimum atomic E-state index is 0.838. The van der Waals surface area contributed by atoms with Crippen LogP contribution in [0.1, 0.15) is 37.3 Å². The number of rotatable bonds is 4. The van der Waals surface area contributed by atoms with Crippen molar-refractivity contribution in [2.75, 3.05) is 6.61 Å². The Balaban J connectivity index is 2.04. The minimum absolute atomic E-state index is 0.838. The van der Waals surface area contributed by atoms with E-state index in [0.29, 0.717) is 0 Å². The molecule has 0 amide bonds. The molecular formula is C14H18O. The van der Waals surface area contributed by atoms with E-state index in [0.717, 1.165) is 31.6 Å². The highest BCUT2D eigenvalue weighted by atomic mass is 16.5. The van der Waals surface area contributed by atoms with Gasteiger partial charge in [0.05, 0.1) is 6.61 Å². The Bertz CT molecular complexity index is 352. The molecule has 0 heterocycles. The van der Waals surface area contributed by atoms with Gasteiger partial charge in [0.15, 0.2) is 0 Å². The zero-order valence-corrected chi connectivity index (χ0v) is 9.33. The van der Waals surface area contributed by atoms with Crippen molar-refractivity contribution in [3.8, 4) is 5.75 Å². The summed E-state index contributed by atoms with van der Waals surface area (Å²) in [5, 5.41) is 0. The van der Waals surface area contributed by atoms with E-state index in [-0.39, 0.29) is 0 Å². The monoisotopic (exact) mass is 202 g/mol. The summed E-state index contributed by atoms with van der Waals surface area (Å²) in [6.45, 7) is 3.02. The van der Waals surface area contributed by atoms with Crippen LogP contribution in [-0.2, 0) is 6.42 Å². The number of hydrogen-bond donors (Lipinski definition) is 0. The number of aryl methyl sites for hydroxylation is 1. The number of unbranched alkanes of at least 4 members (excludes halogenated alkanes) is 1. The van der Waals surface area contributed by atoms with E-state index in [4.69, 9.17) is 4.74 Å². The number of fused-ring (bicyclic) bond motifs is 1. The summed E-state index contributed by atoms with van der Waals surface area (Å²) in [7, 11) is 0. The van der Waals surface area contributed by atoms with Crippen LogP contribution in [0.5, 0.6) is 5.75 Å². The second-order valence-corrected chi connectivity index (χ2v) is 4.00. The second-order valence-electron chi connectivity index (χ2n) is 4.00. The SMILES string of the molecule is CCCCOc1ccc2c(c1)CCC=C2. The molecule has 0 saturated heterocycles. The van der Waals surface area contributed by atoms with Crippen molar-refractivity contribution in [3.05, 3.63) is 35.4 Å². The second kappa shape index (κ2) is 5.01. The molecule has 1 heteroatoms. The fraction of sp³-hybridized carbons (Fsp3) is 0.429. The Labute approximate surface area is 91.8 Å². The molecule has 1 aliphatic carbocycles. The van der Waals surface area contributed by atoms with E-state index in [1.807, 2.05) is 0 Å². The van der Waals surface area contributed by atoms with Crippen LogP contribution in [0.2, 0.25) is 0 Å². The molecule has 1 aromatic rings. The maximum Gasteiger partial charge on any atom is 0.119 e. The highest BCUT2D eigenvalue weighted by Gasteiger charge is 2.05. The molecule has 1 aromatic carbocycles. The third-order valence-electron chi connectivity index (χ3n) is 2.76. The van der Waals surface area contributed by atoms with Crippen molar-refractivity contribution in [1.82, 2.24) is 0 Å². The first kappa shape index (κ1) is 10.3. The lowest BCUT2D eigenvalue weighted by Crippen LogP contribution is -1.99. The van der Waals surface area contributed by atoms with Gasteiger partial charge in [-0.2, -0.15) is 0 Å². The van der Waals surface area contributed by atoms with Crippen LogP contribution in [0, 0.1) is 0 Å². The maximum absolute atomic E-state index is 5.69. The lowest BCUT2D eigenvalue weighted by molar-refractivity contribution is 0.309. The molecule has 0 spiro atoms. The smallest absolute Gasteiger partial charge is 0.119 e. The van der Waals surface area contributed by atoms with E-state index >= 15 is 0 Å². The van der Waals surface area contributed by atoms with E-state index in [1.54, 1.807) is 0 Å². The number of allylic oxidation sites excluding steroid dienone is 1. The van der Waals surface area contributed by atoms with Crippen molar-refractivity contribution in [1.29, 1.82) is 0 Å². The number of benzene rings is 1. The quantitative estimate of drug-likeness (QED) is 0.674. The van der Waals surface area contributed by atoms with Gasteiger partial charge >= 0.3 is 0 Å². The summed E-state index contributed by atoms with van der Waals surface area (Å²) in [5.41, 5.74) is 2.77. The lowest BCUT2D eigenvalue weighted by Gasteiger charge is -2.12. The Morgan fingerprint density at radius 3 is 3.13 bits per heavy atom. The highest BCUT2D eigenvalue weighted by molar-refractivity contribution is 5.57. The van der Waals surface area contributed by atoms with Crippen LogP contribution in [0.25, 0.3) is 6.08 Å². The van der Waals surface area contributed by atoms with Gasteiger partial charge in [-0.3, -0.25) is 0 Å². The Kier molecular flexibility index (Phi) is 3.44. The van der Waals surface area contributed by atoms with Gasteiger partial charge < -0.3 is 4.74 Å². The first-order valence-electron chi connectivity index (χ1n) is 5.82. The summed E-state index contributed by atoms with van der Waals surface area (Å²) in [6, 6.07) is 6.42. The molecule has 0 N–H and O–H groups in total. The van der Waals surface area contributed by atoms with Gasteiger partial charge in [0.2, 0.25) is 0 Å². The van der Waals surface area contributed by atoms with Gasteiger partial charge in [-0.15, -0.1) is 0 Å². The van der Waals surface area contributed by atoms with Crippen LogP contribution in [0.4, 0.5) is 0 Å². The van der Waals surface area contributed by atoms with E-state index < -0.39 is 0 Å². The summed E-state index contributed by atoms with van der Waals surface area (Å²) < 4.78 is 5.69. The fourth-order valence-corrected chi connectivity index (χ4v) is 1.83. The fourth-order valence-electron chi connectivity index (χ4n) is 1.83. The highest BCUT2D eigenvalue weighted by Crippen LogP contribution is 2.24. The average molecular weight is 202 g/mol. The molecule has 0 fully saturated rings. The van der Waals surface area contributed by atoms with Crippen LogP contribution in [0.3, 0.4) is 0 Å². The Morgan fingerprint density at radius 1 is 1.33 bits per heavy atom. The molecule has 1 aliphatic rings. The average Bonchev–Trinajstić information content (AvgIpc) is 2.29. The molecule has 0 aromatic heterocycles. The molecule has 0 radical (unpaired) electrons. The summed E-state index contributed by atoms with van der Waals surface area (Å²) in [4.78, 5) is 0. The number of hydrogen-bond acceptors (Lipinski definition) is 1. The van der Waals surface area contributed by atoms with Crippen molar-refractivity contribution in [2.45, 2.75) is 32.6 Å². The molecule has 1 nitrogen and oxygen atoms in total. The standard InChI is InChI=1S/C14H18O/c1-2-3-10-15-14-9-8-12-6-4-5-7-13(12)11-14/h4,6,8-9,11H,2-3,5,7,10H2,1H3. The minimum Gasteiger partial charge on any atom is -0.494 e. The molecular weight excluding hydrogens is 184 g/mol. The van der Waals surface area contributed by atoms with Crippen molar-refractivity contribution < 1.29 is 4.74 Å². The molecule has 0 aliphatic heterocycles. The summed E-state index contributed by atoms with van der Waals surface area (Å²) >= 11 is 0. The van der Waals surface area contributed by atoms with Gasteiger partial charge in [0, 0.05) is 0 Å². The summed E-state index contributed by atoms with van der Waals surface area (Å²) in [6.07, 6.45) is 9.07. The molecule has 80 valence electrons. The third-order valence-corrected chi connectivity index (χ3v) is 2.76. The van der Waals surface area contributed by atoms with Gasteiger partial charge in [-0.1, -0.05) is 31.6 Å². The van der Waals surface area contributed by atoms with Gasteiger partial charge in [0.25, 0.3) is 0 Å². The first-order chi connectivity index (χ1) is 7.40. The van der Waals surface area contributed by atoms with E-state index in [1.165, 1.54) is 17.5 Å². The Morgan fingerprint density at radius 2 is 2.27 bits per heavy atom. The lowest BCUT2D eigenvalue weighted by atomic mass is 9.97. The van der Waals surface area contributed by atoms with Crippen molar-refractivity contribution in [2.24, 2.45) is 0 Å². The molecule has 0 atom stereocenters. The molecule has 15 heavy (non-hydrogen) atoms. The van der Waals surface area contributed by atoms with Crippen LogP contribution in [0.15, 0.2) is 24.3 Å². The zero-order chi connectivity index (χ0) is 10.5. The number of ether oxygens (including phenoxy) is 1. The molecule has 0 saturated carbocycles. The van der Waals surface area contributed by atoms with E-state index in [2.05, 4.69) is 37.3 Å². The third kappa shape index (κ3) is 2.62. The topological polar surface area (TPSA) is 9.23 Å². The maximum atomic E-state index is 5.69. The van der Waals surface area contributed by atoms with E-state index in [9.17, 15) is 0 Å². The summed E-state index contributed by atoms with van der Waals surface area (Å²) in [5.74, 6) is 1.03. The van der Waals surface area contributed by atoms with Crippen molar-refractivity contribution >= 4 is 6.08 Å². The van der Waals surface area contributed by atoms with Gasteiger partial charge in [-0.25, -0.2) is 0 Å². The van der Waals surface area contributed by atoms with Crippen LogP contribution in [-0.4, -0.2) is 6.61 Å². The predicted octanol–water partition coefficient (Wildman–Crippen LogP) is 3.82. The molecule has 0 bridgehead atoms. The van der Waals surface area contributed by atoms with Crippen molar-refractivity contribution in [3.63, 3.8) is 0 Å². The predicted molar refractivity (Wildman–Crippen MR) is 64.2 cm³/mol. The molecule has 2 rings (SSSR count). The first-order valence-corrected chi connectivity index (χ1v) is 5.82. The van der Waals surface area contributed by atoms with Gasteiger partial charge in [0.1, 0.15) is 5.75 Å². The van der Waals surface area contributed by atoms with Gasteiger partial charge in [-0.05, 0) is 42.5 Å². The van der Waals surface area contributed by atoms with Crippen LogP contribution >= 0.6 is 0 Å². The largest absolute Gasteiger partial charge is 0.494 e. The zero-order valence-electron chi connectivity index (χ0n) is 9.33. The van der Waals surface area contributed by atoms with Crippen LogP contribution < -0.4 is 4.74 Å². The normalized spacial score (nSPS) is 13.7. The Hall–Kier alpha value is -1.24. The molecule has 0 unspecified atom stereocenters.